The predicted octanol–water partition coefficient (Wildman–Crippen LogP) is 5.91. The fraction of sp³-hybridized carbons (Fsp3) is 0.250. The molecular formula is C24H25F3N6O2. The number of carbonyl (C=O) groups excluding carboxylic acids is 1. The lowest BCUT2D eigenvalue weighted by Crippen LogP contribution is -2.14. The van der Waals surface area contributed by atoms with Crippen LogP contribution in [-0.2, 0) is 11.0 Å². The quantitative estimate of drug-likeness (QED) is 0.341. The summed E-state index contributed by atoms with van der Waals surface area (Å²) in [6, 6.07) is 6.47. The van der Waals surface area contributed by atoms with Crippen LogP contribution in [0.4, 0.5) is 42.0 Å². The van der Waals surface area contributed by atoms with Crippen LogP contribution >= 0.6 is 0 Å². The zero-order chi connectivity index (χ0) is 25.8. The highest BCUT2D eigenvalue weighted by Crippen LogP contribution is 2.37. The van der Waals surface area contributed by atoms with Crippen molar-refractivity contribution in [3.63, 3.8) is 0 Å². The highest BCUT2D eigenvalue weighted by molar-refractivity contribution is 6.01. The maximum atomic E-state index is 13.7. The van der Waals surface area contributed by atoms with Gasteiger partial charge in [-0.25, -0.2) is 9.97 Å². The van der Waals surface area contributed by atoms with Crippen molar-refractivity contribution in [3.8, 4) is 5.88 Å². The largest absolute Gasteiger partial charge is 0.475 e. The molecule has 0 bridgehead atoms. The first-order valence-corrected chi connectivity index (χ1v) is 10.6. The second-order valence-corrected chi connectivity index (χ2v) is 7.95. The van der Waals surface area contributed by atoms with E-state index in [9.17, 15) is 18.0 Å². The Hall–Kier alpha value is -4.15. The SMILES string of the molecule is C=CC(=O)Nc1cc(C)ccc1Nc1nc(Nc2cc(OC(C)C)ncc2C)ncc1C(F)(F)F. The van der Waals surface area contributed by atoms with E-state index >= 15 is 0 Å². The molecule has 0 spiro atoms. The number of amides is 1. The standard InChI is InChI=1S/C24H25F3N6O2/c1-6-20(34)30-19-9-14(4)7-8-17(19)31-22-16(24(25,26)27)12-29-23(33-22)32-18-10-21(35-13(2)3)28-11-15(18)5/h6-13H,1H2,2-5H3,(H,30,34)(H2,28,29,31,32,33). The molecule has 0 fully saturated rings. The summed E-state index contributed by atoms with van der Waals surface area (Å²) in [5.41, 5.74) is 1.46. The summed E-state index contributed by atoms with van der Waals surface area (Å²) in [7, 11) is 0. The van der Waals surface area contributed by atoms with E-state index < -0.39 is 23.5 Å². The maximum Gasteiger partial charge on any atom is 0.421 e. The van der Waals surface area contributed by atoms with E-state index in [2.05, 4.69) is 37.5 Å². The molecule has 3 N–H and O–H groups in total. The molecule has 3 aromatic rings. The van der Waals surface area contributed by atoms with Crippen molar-refractivity contribution in [2.24, 2.45) is 0 Å². The fourth-order valence-electron chi connectivity index (χ4n) is 2.99. The molecule has 2 heterocycles. The van der Waals surface area contributed by atoms with Gasteiger partial charge in [0.25, 0.3) is 0 Å². The molecule has 8 nitrogen and oxygen atoms in total. The summed E-state index contributed by atoms with van der Waals surface area (Å²) in [5, 5.41) is 8.19. The maximum absolute atomic E-state index is 13.7. The molecule has 0 radical (unpaired) electrons. The van der Waals surface area contributed by atoms with Crippen LogP contribution in [0.15, 0.2) is 49.3 Å². The Kier molecular flexibility index (Phi) is 7.58. The van der Waals surface area contributed by atoms with Gasteiger partial charge in [0.05, 0.1) is 23.2 Å². The lowest BCUT2D eigenvalue weighted by Gasteiger charge is -2.18. The lowest BCUT2D eigenvalue weighted by molar-refractivity contribution is -0.137. The second kappa shape index (κ2) is 10.4. The predicted molar refractivity (Wildman–Crippen MR) is 128 cm³/mol. The summed E-state index contributed by atoms with van der Waals surface area (Å²) in [5.74, 6) is -0.722. The average molecular weight is 486 g/mol. The van der Waals surface area contributed by atoms with Crippen molar-refractivity contribution in [3.05, 3.63) is 66.0 Å². The van der Waals surface area contributed by atoms with Crippen LogP contribution in [0.1, 0.15) is 30.5 Å². The van der Waals surface area contributed by atoms with Gasteiger partial charge in [-0.3, -0.25) is 4.79 Å². The van der Waals surface area contributed by atoms with E-state index in [0.717, 1.165) is 11.6 Å². The minimum Gasteiger partial charge on any atom is -0.475 e. The van der Waals surface area contributed by atoms with E-state index in [1.807, 2.05) is 13.8 Å². The topological polar surface area (TPSA) is 101 Å². The van der Waals surface area contributed by atoms with Crippen LogP contribution < -0.4 is 20.7 Å². The molecule has 1 amide bonds. The Bertz CT molecular complexity index is 1240. The fourth-order valence-corrected chi connectivity index (χ4v) is 2.99. The monoisotopic (exact) mass is 486 g/mol. The van der Waals surface area contributed by atoms with Gasteiger partial charge >= 0.3 is 6.18 Å². The number of nitrogens with zero attached hydrogens (tertiary/aromatic N) is 3. The van der Waals surface area contributed by atoms with Crippen LogP contribution in [0.5, 0.6) is 5.88 Å². The van der Waals surface area contributed by atoms with Gasteiger partial charge in [-0.05, 0) is 57.0 Å². The molecule has 184 valence electrons. The molecule has 0 saturated heterocycles. The molecule has 0 aliphatic carbocycles. The molecule has 0 atom stereocenters. The summed E-state index contributed by atoms with van der Waals surface area (Å²) in [4.78, 5) is 23.9. The third-order valence-corrected chi connectivity index (χ3v) is 4.65. The number of anilines is 5. The van der Waals surface area contributed by atoms with Crippen molar-refractivity contribution < 1.29 is 22.7 Å². The highest BCUT2D eigenvalue weighted by atomic mass is 19.4. The van der Waals surface area contributed by atoms with E-state index in [4.69, 9.17) is 4.74 Å². The van der Waals surface area contributed by atoms with Gasteiger partial charge < -0.3 is 20.7 Å². The number of hydrogen-bond donors (Lipinski definition) is 3. The van der Waals surface area contributed by atoms with Crippen molar-refractivity contribution >= 4 is 34.7 Å². The van der Waals surface area contributed by atoms with Crippen LogP contribution in [-0.4, -0.2) is 27.0 Å². The first-order chi connectivity index (χ1) is 16.5. The Labute approximate surface area is 200 Å². The number of nitrogens with one attached hydrogen (secondary N) is 3. The minimum atomic E-state index is -4.72. The van der Waals surface area contributed by atoms with Gasteiger partial charge in [-0.15, -0.1) is 0 Å². The number of benzene rings is 1. The van der Waals surface area contributed by atoms with Gasteiger partial charge in [-0.2, -0.15) is 18.2 Å². The van der Waals surface area contributed by atoms with E-state index in [1.165, 1.54) is 0 Å². The zero-order valence-electron chi connectivity index (χ0n) is 19.6. The summed E-state index contributed by atoms with van der Waals surface area (Å²) in [6.45, 7) is 10.7. The Morgan fingerprint density at radius 3 is 2.46 bits per heavy atom. The van der Waals surface area contributed by atoms with Crippen LogP contribution in [0.2, 0.25) is 0 Å². The molecule has 1 aromatic carbocycles. The number of carbonyl (C=O) groups is 1. The first-order valence-electron chi connectivity index (χ1n) is 10.6. The summed E-state index contributed by atoms with van der Waals surface area (Å²) >= 11 is 0. The molecule has 3 rings (SSSR count). The second-order valence-electron chi connectivity index (χ2n) is 7.95. The normalized spacial score (nSPS) is 11.2. The molecule has 0 saturated carbocycles. The third kappa shape index (κ3) is 6.69. The molecule has 35 heavy (non-hydrogen) atoms. The number of aryl methyl sites for hydroxylation is 2. The number of pyridine rings is 1. The smallest absolute Gasteiger partial charge is 0.421 e. The van der Waals surface area contributed by atoms with E-state index in [-0.39, 0.29) is 23.4 Å². The molecule has 2 aromatic heterocycles. The number of rotatable bonds is 8. The Balaban J connectivity index is 2.00. The van der Waals surface area contributed by atoms with Crippen molar-refractivity contribution in [2.75, 3.05) is 16.0 Å². The van der Waals surface area contributed by atoms with Crippen molar-refractivity contribution in [2.45, 2.75) is 40.0 Å². The van der Waals surface area contributed by atoms with Gasteiger partial charge in [0.1, 0.15) is 11.4 Å². The summed E-state index contributed by atoms with van der Waals surface area (Å²) in [6.07, 6.45) is -1.50. The van der Waals surface area contributed by atoms with Crippen LogP contribution in [0.3, 0.4) is 0 Å². The number of alkyl halides is 3. The van der Waals surface area contributed by atoms with Gasteiger partial charge in [0, 0.05) is 18.5 Å². The molecule has 0 aliphatic rings. The minimum absolute atomic E-state index is 0.0749. The number of ether oxygens (including phenoxy) is 1. The van der Waals surface area contributed by atoms with E-state index in [1.54, 1.807) is 44.3 Å². The Morgan fingerprint density at radius 2 is 1.80 bits per heavy atom. The highest BCUT2D eigenvalue weighted by Gasteiger charge is 2.35. The van der Waals surface area contributed by atoms with Gasteiger partial charge in [0.15, 0.2) is 0 Å². The lowest BCUT2D eigenvalue weighted by atomic mass is 10.1. The molecule has 0 unspecified atom stereocenters. The third-order valence-electron chi connectivity index (χ3n) is 4.65. The average Bonchev–Trinajstić information content (AvgIpc) is 2.77. The first kappa shape index (κ1) is 25.5. The van der Waals surface area contributed by atoms with E-state index in [0.29, 0.717) is 23.3 Å². The Morgan fingerprint density at radius 1 is 1.06 bits per heavy atom. The number of aromatic nitrogens is 3. The van der Waals surface area contributed by atoms with Crippen LogP contribution in [0.25, 0.3) is 0 Å². The summed E-state index contributed by atoms with van der Waals surface area (Å²) < 4.78 is 46.8. The number of hydrogen-bond acceptors (Lipinski definition) is 7. The molecular weight excluding hydrogens is 461 g/mol. The van der Waals surface area contributed by atoms with Crippen LogP contribution in [0, 0.1) is 13.8 Å². The van der Waals surface area contributed by atoms with Crippen molar-refractivity contribution in [1.82, 2.24) is 15.0 Å². The number of halogens is 3. The van der Waals surface area contributed by atoms with Crippen molar-refractivity contribution in [1.29, 1.82) is 0 Å². The zero-order valence-corrected chi connectivity index (χ0v) is 19.6. The molecule has 11 heteroatoms. The molecule has 0 aliphatic heterocycles. The van der Waals surface area contributed by atoms with Gasteiger partial charge in [0.2, 0.25) is 17.7 Å². The van der Waals surface area contributed by atoms with Gasteiger partial charge in [-0.1, -0.05) is 12.6 Å².